The molecule has 3 aromatic rings. The number of rotatable bonds is 6. The molecule has 170 valence electrons. The van der Waals surface area contributed by atoms with E-state index in [0.29, 0.717) is 35.4 Å². The maximum absolute atomic E-state index is 13.9. The molecule has 0 amide bonds. The molecule has 2 aromatic heterocycles. The van der Waals surface area contributed by atoms with Gasteiger partial charge in [-0.3, -0.25) is 4.57 Å². The van der Waals surface area contributed by atoms with Crippen LogP contribution in [0.3, 0.4) is 0 Å². The van der Waals surface area contributed by atoms with Crippen molar-refractivity contribution < 1.29 is 28.5 Å². The Labute approximate surface area is 182 Å². The number of halogens is 2. The second-order valence-electron chi connectivity index (χ2n) is 8.04. The highest BCUT2D eigenvalue weighted by molar-refractivity contribution is 5.82. The van der Waals surface area contributed by atoms with Crippen molar-refractivity contribution >= 4 is 17.0 Å². The molecule has 5 rings (SSSR count). The molecule has 9 nitrogen and oxygen atoms in total. The minimum Gasteiger partial charge on any atom is -0.388 e. The number of aliphatic hydroxyl groups excluding tert-OH is 2. The fourth-order valence-corrected chi connectivity index (χ4v) is 4.21. The molecule has 0 spiro atoms. The van der Waals surface area contributed by atoms with E-state index in [1.807, 2.05) is 0 Å². The van der Waals surface area contributed by atoms with Crippen LogP contribution in [0.25, 0.3) is 11.2 Å². The van der Waals surface area contributed by atoms with Gasteiger partial charge in [0.15, 0.2) is 23.2 Å². The lowest BCUT2D eigenvalue weighted by Crippen LogP contribution is -2.31. The van der Waals surface area contributed by atoms with Gasteiger partial charge in [-0.15, -0.1) is 0 Å². The van der Waals surface area contributed by atoms with Gasteiger partial charge in [0.2, 0.25) is 6.36 Å². The molecular formula is C21H23F2N5O4. The first-order chi connectivity index (χ1) is 15.5. The van der Waals surface area contributed by atoms with Crippen molar-refractivity contribution in [3.8, 4) is 0 Å². The number of benzene rings is 1. The molecule has 0 bridgehead atoms. The summed E-state index contributed by atoms with van der Waals surface area (Å²) in [6, 6.07) is 6.18. The normalized spacial score (nSPS) is 30.2. The van der Waals surface area contributed by atoms with Gasteiger partial charge in [0.25, 0.3) is 0 Å². The van der Waals surface area contributed by atoms with Crippen LogP contribution in [0.5, 0.6) is 0 Å². The fraction of sp³-hybridized carbons (Fsp3) is 0.476. The Balaban J connectivity index is 1.33. The highest BCUT2D eigenvalue weighted by Gasteiger charge is 2.44. The van der Waals surface area contributed by atoms with E-state index in [0.717, 1.165) is 0 Å². The maximum atomic E-state index is 13.9. The summed E-state index contributed by atoms with van der Waals surface area (Å²) >= 11 is 0. The number of nitrogens with one attached hydrogen (secondary N) is 1. The summed E-state index contributed by atoms with van der Waals surface area (Å²) in [6.45, 7) is 0.216. The van der Waals surface area contributed by atoms with Gasteiger partial charge in [0.05, 0.1) is 25.1 Å². The quantitative estimate of drug-likeness (QED) is 0.523. The Morgan fingerprint density at radius 2 is 2.00 bits per heavy atom. The molecule has 2 unspecified atom stereocenters. The maximum Gasteiger partial charge on any atom is 0.200 e. The third-order valence-electron chi connectivity index (χ3n) is 5.92. The summed E-state index contributed by atoms with van der Waals surface area (Å²) in [5, 5.41) is 24.3. The van der Waals surface area contributed by atoms with Crippen LogP contribution in [0.2, 0.25) is 0 Å². The summed E-state index contributed by atoms with van der Waals surface area (Å²) in [7, 11) is 0. The minimum absolute atomic E-state index is 0.201. The topological polar surface area (TPSA) is 115 Å². The van der Waals surface area contributed by atoms with E-state index < -0.39 is 30.9 Å². The van der Waals surface area contributed by atoms with E-state index >= 15 is 0 Å². The molecular weight excluding hydrogens is 424 g/mol. The minimum atomic E-state index is -1.31. The number of aromatic nitrogens is 4. The van der Waals surface area contributed by atoms with Crippen molar-refractivity contribution in [2.75, 3.05) is 11.9 Å². The second kappa shape index (κ2) is 8.66. The summed E-state index contributed by atoms with van der Waals surface area (Å²) in [4.78, 5) is 12.8. The van der Waals surface area contributed by atoms with E-state index in [1.54, 1.807) is 18.2 Å². The van der Waals surface area contributed by atoms with E-state index in [2.05, 4.69) is 20.3 Å². The molecule has 0 aliphatic carbocycles. The van der Waals surface area contributed by atoms with Gasteiger partial charge in [-0.2, -0.15) is 0 Å². The van der Waals surface area contributed by atoms with Crippen LogP contribution in [0.4, 0.5) is 14.6 Å². The van der Waals surface area contributed by atoms with Gasteiger partial charge in [-0.1, -0.05) is 18.2 Å². The fourth-order valence-electron chi connectivity index (χ4n) is 4.21. The SMILES string of the molecule is O[C@@H]1[C@H](O)[C@@H](CCc2ccccc2F)O[C@H]1n1cnc2c(NC3COC(F)C3)ncnc21. The number of anilines is 1. The summed E-state index contributed by atoms with van der Waals surface area (Å²) < 4.78 is 39.6. The van der Waals surface area contributed by atoms with Crippen LogP contribution >= 0.6 is 0 Å². The number of aryl methyl sites for hydroxylation is 1. The summed E-state index contributed by atoms with van der Waals surface area (Å²) in [5.41, 5.74) is 1.34. The first-order valence-corrected chi connectivity index (χ1v) is 10.5. The van der Waals surface area contributed by atoms with Crippen LogP contribution in [0.15, 0.2) is 36.9 Å². The van der Waals surface area contributed by atoms with E-state index in [4.69, 9.17) is 9.47 Å². The van der Waals surface area contributed by atoms with Crippen molar-refractivity contribution in [1.29, 1.82) is 0 Å². The molecule has 0 saturated carbocycles. The molecule has 32 heavy (non-hydrogen) atoms. The largest absolute Gasteiger partial charge is 0.388 e. The van der Waals surface area contributed by atoms with Gasteiger partial charge in [0.1, 0.15) is 24.4 Å². The molecule has 2 fully saturated rings. The number of alkyl halides is 1. The Morgan fingerprint density at radius 1 is 1.16 bits per heavy atom. The van der Waals surface area contributed by atoms with Gasteiger partial charge in [0, 0.05) is 6.42 Å². The lowest BCUT2D eigenvalue weighted by Gasteiger charge is -2.17. The summed E-state index contributed by atoms with van der Waals surface area (Å²) in [6.07, 6.45) is -1.63. The van der Waals surface area contributed by atoms with Crippen LogP contribution in [-0.2, 0) is 15.9 Å². The zero-order valence-corrected chi connectivity index (χ0v) is 17.0. The number of nitrogens with zero attached hydrogens (tertiary/aromatic N) is 4. The third-order valence-corrected chi connectivity index (χ3v) is 5.92. The smallest absolute Gasteiger partial charge is 0.200 e. The number of hydrogen-bond acceptors (Lipinski definition) is 8. The van der Waals surface area contributed by atoms with E-state index in [9.17, 15) is 19.0 Å². The molecule has 2 saturated heterocycles. The molecule has 4 heterocycles. The van der Waals surface area contributed by atoms with Gasteiger partial charge >= 0.3 is 0 Å². The molecule has 11 heteroatoms. The number of imidazole rings is 1. The van der Waals surface area contributed by atoms with Crippen molar-refractivity contribution in [2.45, 2.75) is 56.2 Å². The standard InChI is InChI=1S/C21H23F2N5O4/c22-13-4-2-1-3-11(13)5-6-14-17(29)18(30)21(32-14)28-10-26-16-19(24-9-25-20(16)28)27-12-7-15(23)31-8-12/h1-4,9-10,12,14-15,17-18,21,29-30H,5-8H2,(H,24,25,27)/t12?,14-,15?,17-,18-,21-/m1/s1. The van der Waals surface area contributed by atoms with Crippen molar-refractivity contribution in [2.24, 2.45) is 0 Å². The molecule has 2 aliphatic rings. The van der Waals surface area contributed by atoms with Crippen LogP contribution < -0.4 is 5.32 Å². The molecule has 2 aliphatic heterocycles. The summed E-state index contributed by atoms with van der Waals surface area (Å²) in [5.74, 6) is 0.0988. The Kier molecular flexibility index (Phi) is 5.72. The predicted octanol–water partition coefficient (Wildman–Crippen LogP) is 1.71. The average molecular weight is 447 g/mol. The van der Waals surface area contributed by atoms with E-state index in [1.165, 1.54) is 23.3 Å². The van der Waals surface area contributed by atoms with Gasteiger partial charge in [-0.05, 0) is 24.5 Å². The first-order valence-electron chi connectivity index (χ1n) is 10.5. The molecule has 6 atom stereocenters. The van der Waals surface area contributed by atoms with Crippen molar-refractivity contribution in [3.05, 3.63) is 48.3 Å². The zero-order valence-electron chi connectivity index (χ0n) is 17.0. The Bertz CT molecular complexity index is 1100. The first kappa shape index (κ1) is 21.1. The lowest BCUT2D eigenvalue weighted by molar-refractivity contribution is -0.0368. The van der Waals surface area contributed by atoms with E-state index in [-0.39, 0.29) is 24.9 Å². The predicted molar refractivity (Wildman–Crippen MR) is 109 cm³/mol. The molecule has 1 aromatic carbocycles. The second-order valence-corrected chi connectivity index (χ2v) is 8.04. The highest BCUT2D eigenvalue weighted by atomic mass is 19.1. The Hall–Kier alpha value is -2.73. The van der Waals surface area contributed by atoms with Gasteiger partial charge in [-0.25, -0.2) is 23.7 Å². The Morgan fingerprint density at radius 3 is 2.78 bits per heavy atom. The lowest BCUT2D eigenvalue weighted by atomic mass is 10.0. The number of ether oxygens (including phenoxy) is 2. The van der Waals surface area contributed by atoms with Crippen LogP contribution in [0, 0.1) is 5.82 Å². The number of hydrogen-bond donors (Lipinski definition) is 3. The highest BCUT2D eigenvalue weighted by Crippen LogP contribution is 2.34. The van der Waals surface area contributed by atoms with Gasteiger partial charge < -0.3 is 25.0 Å². The third kappa shape index (κ3) is 3.92. The van der Waals surface area contributed by atoms with Crippen molar-refractivity contribution in [3.63, 3.8) is 0 Å². The molecule has 3 N–H and O–H groups in total. The van der Waals surface area contributed by atoms with Crippen molar-refractivity contribution in [1.82, 2.24) is 19.5 Å². The average Bonchev–Trinajstić information content (AvgIpc) is 3.47. The van der Waals surface area contributed by atoms with Crippen LogP contribution in [0.1, 0.15) is 24.6 Å². The monoisotopic (exact) mass is 447 g/mol. The number of fused-ring (bicyclic) bond motifs is 1. The zero-order chi connectivity index (χ0) is 22.2. The van der Waals surface area contributed by atoms with Crippen LogP contribution in [-0.4, -0.2) is 67.1 Å². The molecule has 0 radical (unpaired) electrons. The number of aliphatic hydroxyl groups is 2.